The van der Waals surface area contributed by atoms with E-state index in [0.717, 1.165) is 6.54 Å². The quantitative estimate of drug-likeness (QED) is 0.639. The highest BCUT2D eigenvalue weighted by Gasteiger charge is 2.20. The minimum Gasteiger partial charge on any atom is -0.310 e. The fourth-order valence-corrected chi connectivity index (χ4v) is 2.09. The molecule has 0 aromatic heterocycles. The first-order valence-electron chi connectivity index (χ1n) is 5.02. The number of aryl methyl sites for hydroxylation is 1. The van der Waals surface area contributed by atoms with Crippen molar-refractivity contribution >= 4 is 0 Å². The molecule has 1 heteroatoms. The molecule has 0 saturated heterocycles. The van der Waals surface area contributed by atoms with Crippen molar-refractivity contribution in [2.45, 2.75) is 32.7 Å². The lowest BCUT2D eigenvalue weighted by Crippen LogP contribution is -2.30. The van der Waals surface area contributed by atoms with Gasteiger partial charge in [0.25, 0.3) is 0 Å². The lowest BCUT2D eigenvalue weighted by molar-refractivity contribution is 0.494. The van der Waals surface area contributed by atoms with Crippen molar-refractivity contribution in [3.05, 3.63) is 34.9 Å². The number of hydrogen-bond donors (Lipinski definition) is 1. The van der Waals surface area contributed by atoms with Gasteiger partial charge in [0.1, 0.15) is 0 Å². The van der Waals surface area contributed by atoms with Crippen LogP contribution in [-0.2, 0) is 0 Å². The molecule has 1 nitrogen and oxygen atoms in total. The van der Waals surface area contributed by atoms with Crippen LogP contribution in [0.25, 0.3) is 0 Å². The Kier molecular flexibility index (Phi) is 2.12. The van der Waals surface area contributed by atoms with Crippen molar-refractivity contribution < 1.29 is 0 Å². The van der Waals surface area contributed by atoms with Crippen LogP contribution in [-0.4, -0.2) is 6.54 Å². The topological polar surface area (TPSA) is 12.0 Å². The van der Waals surface area contributed by atoms with Gasteiger partial charge in [-0.05, 0) is 30.9 Å². The van der Waals surface area contributed by atoms with Gasteiger partial charge in [0, 0.05) is 12.6 Å². The molecule has 1 N–H and O–H groups in total. The molecule has 1 aromatic rings. The summed E-state index contributed by atoms with van der Waals surface area (Å²) in [5.74, 6) is 0.659. The molecule has 1 aliphatic heterocycles. The number of hydrogen-bond acceptors (Lipinski definition) is 1. The second kappa shape index (κ2) is 3.15. The Hall–Kier alpha value is -0.820. The molecule has 1 aliphatic rings. The fourth-order valence-electron chi connectivity index (χ4n) is 2.09. The summed E-state index contributed by atoms with van der Waals surface area (Å²) in [7, 11) is 0. The van der Waals surface area contributed by atoms with Crippen LogP contribution in [0.3, 0.4) is 0 Å². The van der Waals surface area contributed by atoms with Crippen LogP contribution in [0.4, 0.5) is 0 Å². The minimum absolute atomic E-state index is 0.520. The summed E-state index contributed by atoms with van der Waals surface area (Å²) >= 11 is 0. The highest BCUT2D eigenvalue weighted by Crippen LogP contribution is 2.29. The molecule has 0 spiro atoms. The molecule has 2 unspecified atom stereocenters. The van der Waals surface area contributed by atoms with Gasteiger partial charge in [-0.2, -0.15) is 0 Å². The fraction of sp³-hybridized carbons (Fsp3) is 0.500. The van der Waals surface area contributed by atoms with E-state index in [0.29, 0.717) is 12.0 Å². The van der Waals surface area contributed by atoms with Gasteiger partial charge in [-0.25, -0.2) is 0 Å². The molecule has 0 saturated carbocycles. The average molecular weight is 175 g/mol. The third-order valence-corrected chi connectivity index (χ3v) is 2.97. The normalized spacial score (nSPS) is 27.0. The van der Waals surface area contributed by atoms with E-state index in [4.69, 9.17) is 0 Å². The van der Waals surface area contributed by atoms with Gasteiger partial charge in [-0.15, -0.1) is 0 Å². The summed E-state index contributed by atoms with van der Waals surface area (Å²) in [4.78, 5) is 0. The highest BCUT2D eigenvalue weighted by atomic mass is 14.9. The summed E-state index contributed by atoms with van der Waals surface area (Å²) in [5, 5.41) is 3.52. The molecule has 13 heavy (non-hydrogen) atoms. The Morgan fingerprint density at radius 1 is 1.23 bits per heavy atom. The summed E-state index contributed by atoms with van der Waals surface area (Å²) in [5.41, 5.74) is 4.37. The Morgan fingerprint density at radius 2 is 2.00 bits per heavy atom. The van der Waals surface area contributed by atoms with Gasteiger partial charge in [0.05, 0.1) is 0 Å². The van der Waals surface area contributed by atoms with Gasteiger partial charge in [0.15, 0.2) is 0 Å². The van der Waals surface area contributed by atoms with Gasteiger partial charge in [-0.3, -0.25) is 0 Å². The van der Waals surface area contributed by atoms with Crippen molar-refractivity contribution in [3.8, 4) is 0 Å². The first-order chi connectivity index (χ1) is 6.18. The molecule has 0 fully saturated rings. The molecule has 2 rings (SSSR count). The summed E-state index contributed by atoms with van der Waals surface area (Å²) < 4.78 is 0. The van der Waals surface area contributed by atoms with Crippen LogP contribution in [0.1, 0.15) is 42.5 Å². The molecular weight excluding hydrogens is 158 g/mol. The molecule has 1 heterocycles. The molecular formula is C12H17N. The maximum absolute atomic E-state index is 3.52. The predicted molar refractivity (Wildman–Crippen MR) is 56.0 cm³/mol. The van der Waals surface area contributed by atoms with E-state index >= 15 is 0 Å². The zero-order chi connectivity index (χ0) is 9.42. The predicted octanol–water partition coefficient (Wildman–Crippen LogP) is 2.76. The minimum atomic E-state index is 0.520. The maximum Gasteiger partial charge on any atom is 0.0294 e. The lowest BCUT2D eigenvalue weighted by atomic mass is 9.87. The largest absolute Gasteiger partial charge is 0.310 e. The van der Waals surface area contributed by atoms with E-state index in [9.17, 15) is 0 Å². The van der Waals surface area contributed by atoms with E-state index in [-0.39, 0.29) is 0 Å². The Bertz CT molecular complexity index is 317. The average Bonchev–Trinajstić information content (AvgIpc) is 2.12. The summed E-state index contributed by atoms with van der Waals surface area (Å²) in [6.45, 7) is 7.79. The van der Waals surface area contributed by atoms with E-state index in [1.54, 1.807) is 0 Å². The SMILES string of the molecule is Cc1ccc2c(c1)C(C)NCC2C. The molecule has 0 radical (unpaired) electrons. The monoisotopic (exact) mass is 175 g/mol. The number of fused-ring (bicyclic) bond motifs is 1. The van der Waals surface area contributed by atoms with Crippen molar-refractivity contribution in [3.63, 3.8) is 0 Å². The van der Waals surface area contributed by atoms with E-state index in [1.807, 2.05) is 0 Å². The molecule has 0 amide bonds. The van der Waals surface area contributed by atoms with E-state index < -0.39 is 0 Å². The van der Waals surface area contributed by atoms with Crippen molar-refractivity contribution in [2.75, 3.05) is 6.54 Å². The zero-order valence-electron chi connectivity index (χ0n) is 8.59. The first-order valence-corrected chi connectivity index (χ1v) is 5.02. The summed E-state index contributed by atoms with van der Waals surface area (Å²) in [6.07, 6.45) is 0. The zero-order valence-corrected chi connectivity index (χ0v) is 8.59. The number of rotatable bonds is 0. The Balaban J connectivity index is 2.50. The van der Waals surface area contributed by atoms with Crippen LogP contribution in [0.2, 0.25) is 0 Å². The second-order valence-corrected chi connectivity index (χ2v) is 4.16. The van der Waals surface area contributed by atoms with Crippen LogP contribution in [0, 0.1) is 6.92 Å². The van der Waals surface area contributed by atoms with Crippen molar-refractivity contribution in [1.29, 1.82) is 0 Å². The molecule has 0 aliphatic carbocycles. The van der Waals surface area contributed by atoms with Gasteiger partial charge >= 0.3 is 0 Å². The second-order valence-electron chi connectivity index (χ2n) is 4.16. The van der Waals surface area contributed by atoms with Crippen LogP contribution >= 0.6 is 0 Å². The van der Waals surface area contributed by atoms with Gasteiger partial charge in [0.2, 0.25) is 0 Å². The van der Waals surface area contributed by atoms with Crippen LogP contribution in [0.5, 0.6) is 0 Å². The molecule has 70 valence electrons. The molecule has 2 atom stereocenters. The van der Waals surface area contributed by atoms with E-state index in [1.165, 1.54) is 16.7 Å². The number of nitrogens with one attached hydrogen (secondary N) is 1. The number of benzene rings is 1. The smallest absolute Gasteiger partial charge is 0.0294 e. The van der Waals surface area contributed by atoms with Crippen LogP contribution < -0.4 is 5.32 Å². The van der Waals surface area contributed by atoms with Crippen molar-refractivity contribution in [2.24, 2.45) is 0 Å². The highest BCUT2D eigenvalue weighted by molar-refractivity contribution is 5.37. The molecule has 0 bridgehead atoms. The van der Waals surface area contributed by atoms with Gasteiger partial charge in [-0.1, -0.05) is 30.7 Å². The lowest BCUT2D eigenvalue weighted by Gasteiger charge is -2.29. The third kappa shape index (κ3) is 1.49. The standard InChI is InChI=1S/C12H17N/c1-8-4-5-11-9(2)7-13-10(3)12(11)6-8/h4-6,9-10,13H,7H2,1-3H3. The van der Waals surface area contributed by atoms with Crippen molar-refractivity contribution in [1.82, 2.24) is 5.32 Å². The van der Waals surface area contributed by atoms with Gasteiger partial charge < -0.3 is 5.32 Å². The maximum atomic E-state index is 3.52. The first kappa shape index (κ1) is 8.76. The third-order valence-electron chi connectivity index (χ3n) is 2.97. The molecule has 1 aromatic carbocycles. The summed E-state index contributed by atoms with van der Waals surface area (Å²) in [6, 6.07) is 7.33. The Labute approximate surface area is 80.2 Å². The van der Waals surface area contributed by atoms with Crippen LogP contribution in [0.15, 0.2) is 18.2 Å². The Morgan fingerprint density at radius 3 is 2.77 bits per heavy atom. The van der Waals surface area contributed by atoms with E-state index in [2.05, 4.69) is 44.3 Å².